The molecule has 2 aromatic rings. The molecule has 2 heterocycles. The van der Waals surface area contributed by atoms with E-state index in [9.17, 15) is 0 Å². The average Bonchev–Trinajstić information content (AvgIpc) is 2.94. The summed E-state index contributed by atoms with van der Waals surface area (Å²) in [6.45, 7) is 6.83. The number of aromatic nitrogens is 6. The smallest absolute Gasteiger partial charge is 0.140 e. The minimum Gasteiger partial charge on any atom is -0.321 e. The highest BCUT2D eigenvalue weighted by atomic mass is 15.3. The molecule has 0 saturated carbocycles. The summed E-state index contributed by atoms with van der Waals surface area (Å²) in [5.74, 6) is 2.53. The number of hydrogen-bond donors (Lipinski definition) is 1. The predicted molar refractivity (Wildman–Crippen MR) is 71.3 cm³/mol. The van der Waals surface area contributed by atoms with Crippen LogP contribution in [0.5, 0.6) is 0 Å². The van der Waals surface area contributed by atoms with Gasteiger partial charge in [0, 0.05) is 26.6 Å². The van der Waals surface area contributed by atoms with E-state index < -0.39 is 0 Å². The molecule has 2 rings (SSSR count). The Morgan fingerprint density at radius 1 is 1.32 bits per heavy atom. The van der Waals surface area contributed by atoms with E-state index in [1.54, 1.807) is 12.7 Å². The third-order valence-electron chi connectivity index (χ3n) is 2.85. The highest BCUT2D eigenvalue weighted by molar-refractivity contribution is 4.87. The van der Waals surface area contributed by atoms with Gasteiger partial charge in [-0.2, -0.15) is 5.10 Å². The molecule has 0 radical (unpaired) electrons. The molecule has 0 spiro atoms. The van der Waals surface area contributed by atoms with Crippen LogP contribution in [0.2, 0.25) is 0 Å². The van der Waals surface area contributed by atoms with Gasteiger partial charge in [-0.15, -0.1) is 10.2 Å². The molecule has 0 bridgehead atoms. The first kappa shape index (κ1) is 13.7. The van der Waals surface area contributed by atoms with Gasteiger partial charge in [-0.1, -0.05) is 13.8 Å². The molecule has 0 aromatic carbocycles. The predicted octanol–water partition coefficient (Wildman–Crippen LogP) is 0.395. The van der Waals surface area contributed by atoms with E-state index in [-0.39, 0.29) is 0 Å². The molecule has 104 valence electrons. The molecule has 7 nitrogen and oxygen atoms in total. The summed E-state index contributed by atoms with van der Waals surface area (Å²) < 4.78 is 3.89. The largest absolute Gasteiger partial charge is 0.321 e. The first-order valence-electron chi connectivity index (χ1n) is 6.57. The van der Waals surface area contributed by atoms with Crippen molar-refractivity contribution in [2.24, 2.45) is 13.0 Å². The molecular formula is C12H21N7. The van der Waals surface area contributed by atoms with Crippen LogP contribution in [-0.2, 0) is 26.6 Å². The van der Waals surface area contributed by atoms with Crippen LogP contribution in [0, 0.1) is 5.92 Å². The second-order valence-corrected chi connectivity index (χ2v) is 5.04. The van der Waals surface area contributed by atoms with E-state index in [0.29, 0.717) is 5.92 Å². The van der Waals surface area contributed by atoms with E-state index in [4.69, 9.17) is 0 Å². The van der Waals surface area contributed by atoms with E-state index in [0.717, 1.165) is 37.7 Å². The monoisotopic (exact) mass is 263 g/mol. The number of hydrogen-bond acceptors (Lipinski definition) is 5. The Morgan fingerprint density at radius 3 is 2.84 bits per heavy atom. The Labute approximate surface area is 113 Å². The molecule has 0 saturated heterocycles. The lowest BCUT2D eigenvalue weighted by molar-refractivity contribution is 0.457. The first-order chi connectivity index (χ1) is 9.16. The van der Waals surface area contributed by atoms with Gasteiger partial charge >= 0.3 is 0 Å². The minimum atomic E-state index is 0.569. The van der Waals surface area contributed by atoms with Gasteiger partial charge in [-0.05, 0) is 5.92 Å². The van der Waals surface area contributed by atoms with Gasteiger partial charge < -0.3 is 9.88 Å². The molecule has 0 fully saturated rings. The van der Waals surface area contributed by atoms with E-state index in [2.05, 4.69) is 39.4 Å². The van der Waals surface area contributed by atoms with Crippen LogP contribution < -0.4 is 5.32 Å². The lowest BCUT2D eigenvalue weighted by atomic mass is 10.2. The Balaban J connectivity index is 1.77. The zero-order valence-electron chi connectivity index (χ0n) is 11.7. The number of rotatable bonds is 7. The van der Waals surface area contributed by atoms with E-state index in [1.165, 1.54) is 0 Å². The molecule has 7 heteroatoms. The summed E-state index contributed by atoms with van der Waals surface area (Å²) in [7, 11) is 1.95. The standard InChI is InChI=1S/C12H21N7/c1-10(2)7-19-12(14-8-16-19)6-13-5-4-11-17-15-9-18(11)3/h8-10,13H,4-7H2,1-3H3. The highest BCUT2D eigenvalue weighted by Gasteiger charge is 2.06. The Morgan fingerprint density at radius 2 is 2.16 bits per heavy atom. The quantitative estimate of drug-likeness (QED) is 0.732. The number of nitrogens with one attached hydrogen (secondary N) is 1. The molecule has 0 amide bonds. The van der Waals surface area contributed by atoms with Crippen molar-refractivity contribution in [1.29, 1.82) is 0 Å². The van der Waals surface area contributed by atoms with E-state index in [1.807, 2.05) is 16.3 Å². The molecule has 0 aliphatic heterocycles. The van der Waals surface area contributed by atoms with Gasteiger partial charge in [0.1, 0.15) is 24.3 Å². The maximum atomic E-state index is 4.28. The summed E-state index contributed by atoms with van der Waals surface area (Å²) in [6, 6.07) is 0. The second kappa shape index (κ2) is 6.42. The summed E-state index contributed by atoms with van der Waals surface area (Å²) in [5.41, 5.74) is 0. The third kappa shape index (κ3) is 3.85. The van der Waals surface area contributed by atoms with Gasteiger partial charge in [0.05, 0.1) is 6.54 Å². The van der Waals surface area contributed by atoms with Crippen molar-refractivity contribution in [3.05, 3.63) is 24.3 Å². The lowest BCUT2D eigenvalue weighted by Crippen LogP contribution is -2.21. The van der Waals surface area contributed by atoms with Gasteiger partial charge in [0.15, 0.2) is 0 Å². The summed E-state index contributed by atoms with van der Waals surface area (Å²) >= 11 is 0. The van der Waals surface area contributed by atoms with Crippen molar-refractivity contribution >= 4 is 0 Å². The molecule has 19 heavy (non-hydrogen) atoms. The van der Waals surface area contributed by atoms with Crippen molar-refractivity contribution in [2.45, 2.75) is 33.4 Å². The number of aryl methyl sites for hydroxylation is 1. The Hall–Kier alpha value is -1.76. The topological polar surface area (TPSA) is 73.5 Å². The molecule has 0 unspecified atom stereocenters. The fourth-order valence-electron chi connectivity index (χ4n) is 1.86. The normalized spacial score (nSPS) is 11.4. The van der Waals surface area contributed by atoms with Crippen molar-refractivity contribution in [3.8, 4) is 0 Å². The van der Waals surface area contributed by atoms with Crippen molar-refractivity contribution in [2.75, 3.05) is 6.54 Å². The molecule has 0 aliphatic carbocycles. The first-order valence-corrected chi connectivity index (χ1v) is 6.57. The molecular weight excluding hydrogens is 242 g/mol. The van der Waals surface area contributed by atoms with Crippen LogP contribution in [0.25, 0.3) is 0 Å². The van der Waals surface area contributed by atoms with E-state index >= 15 is 0 Å². The lowest BCUT2D eigenvalue weighted by Gasteiger charge is -2.09. The zero-order chi connectivity index (χ0) is 13.7. The zero-order valence-corrected chi connectivity index (χ0v) is 11.7. The summed E-state index contributed by atoms with van der Waals surface area (Å²) in [5, 5.41) is 15.5. The van der Waals surface area contributed by atoms with Crippen LogP contribution in [0.15, 0.2) is 12.7 Å². The fourth-order valence-corrected chi connectivity index (χ4v) is 1.86. The van der Waals surface area contributed by atoms with Crippen LogP contribution >= 0.6 is 0 Å². The summed E-state index contributed by atoms with van der Waals surface area (Å²) in [6.07, 6.45) is 4.19. The van der Waals surface area contributed by atoms with Crippen LogP contribution in [0.4, 0.5) is 0 Å². The van der Waals surface area contributed by atoms with Crippen molar-refractivity contribution in [3.63, 3.8) is 0 Å². The van der Waals surface area contributed by atoms with Crippen LogP contribution in [-0.4, -0.2) is 36.1 Å². The van der Waals surface area contributed by atoms with Gasteiger partial charge in [0.25, 0.3) is 0 Å². The molecule has 0 aliphatic rings. The van der Waals surface area contributed by atoms with Crippen LogP contribution in [0.1, 0.15) is 25.5 Å². The molecule has 2 aromatic heterocycles. The third-order valence-corrected chi connectivity index (χ3v) is 2.85. The minimum absolute atomic E-state index is 0.569. The van der Waals surface area contributed by atoms with Crippen molar-refractivity contribution < 1.29 is 0 Å². The average molecular weight is 263 g/mol. The van der Waals surface area contributed by atoms with Gasteiger partial charge in [-0.3, -0.25) is 0 Å². The maximum Gasteiger partial charge on any atom is 0.140 e. The highest BCUT2D eigenvalue weighted by Crippen LogP contribution is 2.01. The number of nitrogens with zero attached hydrogens (tertiary/aromatic N) is 6. The maximum absolute atomic E-state index is 4.28. The fraction of sp³-hybridized carbons (Fsp3) is 0.667. The van der Waals surface area contributed by atoms with Gasteiger partial charge in [0.2, 0.25) is 0 Å². The van der Waals surface area contributed by atoms with Gasteiger partial charge in [-0.25, -0.2) is 9.67 Å². The van der Waals surface area contributed by atoms with Crippen molar-refractivity contribution in [1.82, 2.24) is 34.8 Å². The van der Waals surface area contributed by atoms with Crippen LogP contribution in [0.3, 0.4) is 0 Å². The SMILES string of the molecule is CC(C)Cn1ncnc1CNCCc1nncn1C. The second-order valence-electron chi connectivity index (χ2n) is 5.04. The molecule has 1 N–H and O–H groups in total. The summed E-state index contributed by atoms with van der Waals surface area (Å²) in [4.78, 5) is 4.28. The Kier molecular flexibility index (Phi) is 4.62. The molecule has 0 atom stereocenters. The Bertz CT molecular complexity index is 500.